The molecule has 0 aliphatic heterocycles. The lowest BCUT2D eigenvalue weighted by molar-refractivity contribution is 0.314. The van der Waals surface area contributed by atoms with Crippen LogP contribution in [-0.4, -0.2) is 39.4 Å². The third-order valence-corrected chi connectivity index (χ3v) is 5.43. The fourth-order valence-electron chi connectivity index (χ4n) is 3.87. The Morgan fingerprint density at radius 2 is 1.85 bits per heavy atom. The van der Waals surface area contributed by atoms with Gasteiger partial charge in [-0.3, -0.25) is 9.48 Å². The fraction of sp³-hybridized carbons (Fsp3) is 0.545. The molecule has 2 heterocycles. The number of hydrogen-bond acceptors (Lipinski definition) is 3. The van der Waals surface area contributed by atoms with Crippen LogP contribution in [0.15, 0.2) is 29.2 Å². The van der Waals surface area contributed by atoms with E-state index < -0.39 is 0 Å². The molecule has 1 aromatic carbocycles. The van der Waals surface area contributed by atoms with Crippen LogP contribution in [-0.2, 0) is 13.6 Å². The maximum absolute atomic E-state index is 12.9. The molecule has 0 fully saturated rings. The minimum atomic E-state index is 0.0768. The Labute approximate surface area is 161 Å². The third kappa shape index (κ3) is 4.24. The van der Waals surface area contributed by atoms with E-state index >= 15 is 0 Å². The van der Waals surface area contributed by atoms with Crippen LogP contribution in [0.1, 0.15) is 44.6 Å². The minimum Gasteiger partial charge on any atom is -0.338 e. The van der Waals surface area contributed by atoms with Crippen molar-refractivity contribution in [2.24, 2.45) is 7.05 Å². The molecule has 3 rings (SSSR count). The fourth-order valence-corrected chi connectivity index (χ4v) is 3.87. The molecule has 5 nitrogen and oxygen atoms in total. The molecule has 0 unspecified atom stereocenters. The summed E-state index contributed by atoms with van der Waals surface area (Å²) in [6.45, 7) is 7.39. The van der Waals surface area contributed by atoms with Gasteiger partial charge in [0.25, 0.3) is 0 Å². The molecule has 0 saturated carbocycles. The number of hydrogen-bond donors (Lipinski definition) is 0. The first-order chi connectivity index (χ1) is 13.0. The highest BCUT2D eigenvalue weighted by Gasteiger charge is 2.14. The molecule has 5 heteroatoms. The number of aromatic nitrogens is 3. The summed E-state index contributed by atoms with van der Waals surface area (Å²) < 4.78 is 3.97. The van der Waals surface area contributed by atoms with Gasteiger partial charge in [0, 0.05) is 19.0 Å². The topological polar surface area (TPSA) is 43.1 Å². The van der Waals surface area contributed by atoms with E-state index in [1.54, 1.807) is 4.68 Å². The van der Waals surface area contributed by atoms with Crippen LogP contribution in [0.5, 0.6) is 0 Å². The molecule has 27 heavy (non-hydrogen) atoms. The van der Waals surface area contributed by atoms with Gasteiger partial charge in [-0.2, -0.15) is 5.10 Å². The summed E-state index contributed by atoms with van der Waals surface area (Å²) in [4.78, 5) is 15.4. The van der Waals surface area contributed by atoms with Crippen LogP contribution >= 0.6 is 0 Å². The zero-order chi connectivity index (χ0) is 19.4. The number of nitrogens with zero attached hydrogens (tertiary/aromatic N) is 4. The van der Waals surface area contributed by atoms with Crippen LogP contribution in [0, 0.1) is 6.92 Å². The Morgan fingerprint density at radius 1 is 1.07 bits per heavy atom. The Morgan fingerprint density at radius 3 is 2.63 bits per heavy atom. The number of benzene rings is 1. The van der Waals surface area contributed by atoms with E-state index in [0.29, 0.717) is 5.52 Å². The molecule has 3 aromatic rings. The van der Waals surface area contributed by atoms with E-state index in [2.05, 4.69) is 40.7 Å². The predicted molar refractivity (Wildman–Crippen MR) is 113 cm³/mol. The van der Waals surface area contributed by atoms with Gasteiger partial charge in [-0.05, 0) is 52.0 Å². The average Bonchev–Trinajstić information content (AvgIpc) is 3.03. The Kier molecular flexibility index (Phi) is 6.32. The second-order valence-corrected chi connectivity index (χ2v) is 7.72. The molecule has 0 aliphatic carbocycles. The van der Waals surface area contributed by atoms with Gasteiger partial charge in [-0.15, -0.1) is 0 Å². The molecule has 0 radical (unpaired) electrons. The first-order valence-electron chi connectivity index (χ1n) is 10.2. The van der Waals surface area contributed by atoms with Crippen LogP contribution in [0.3, 0.4) is 0 Å². The summed E-state index contributed by atoms with van der Waals surface area (Å²) in [7, 11) is 4.05. The van der Waals surface area contributed by atoms with Gasteiger partial charge in [0.05, 0.1) is 17.2 Å². The lowest BCUT2D eigenvalue weighted by Gasteiger charge is -2.18. The van der Waals surface area contributed by atoms with Crippen molar-refractivity contribution in [3.63, 3.8) is 0 Å². The van der Waals surface area contributed by atoms with Gasteiger partial charge in [0.1, 0.15) is 5.52 Å². The first kappa shape index (κ1) is 19.6. The summed E-state index contributed by atoms with van der Waals surface area (Å²) in [5.41, 5.74) is 3.83. The standard InChI is InChI=1S/C22H32N4O/c1-5-6-7-8-12-24(3)13-9-14-26-19-11-10-17(2)15-18(19)22(27)21-20(26)16-23-25(21)4/h10-11,15-16H,5-9,12-14H2,1-4H3. The van der Waals surface area contributed by atoms with Gasteiger partial charge >= 0.3 is 0 Å². The molecule has 0 atom stereocenters. The molecule has 0 bridgehead atoms. The average molecular weight is 369 g/mol. The molecule has 2 aromatic heterocycles. The predicted octanol–water partition coefficient (Wildman–Crippen LogP) is 4.10. The molecule has 0 spiro atoms. The van der Waals surface area contributed by atoms with Crippen LogP contribution < -0.4 is 5.43 Å². The molecule has 0 amide bonds. The van der Waals surface area contributed by atoms with Gasteiger partial charge in [-0.1, -0.05) is 37.8 Å². The van der Waals surface area contributed by atoms with E-state index in [1.807, 2.05) is 26.2 Å². The van der Waals surface area contributed by atoms with Crippen LogP contribution in [0.2, 0.25) is 0 Å². The van der Waals surface area contributed by atoms with Crippen LogP contribution in [0.25, 0.3) is 21.9 Å². The second-order valence-electron chi connectivity index (χ2n) is 7.72. The summed E-state index contributed by atoms with van der Waals surface area (Å²) in [5.74, 6) is 0. The van der Waals surface area contributed by atoms with Crippen molar-refractivity contribution in [1.82, 2.24) is 19.2 Å². The van der Waals surface area contributed by atoms with Gasteiger partial charge in [0.2, 0.25) is 5.43 Å². The Hall–Kier alpha value is -2.14. The van der Waals surface area contributed by atoms with Crippen molar-refractivity contribution in [3.8, 4) is 0 Å². The molecule has 0 aliphatic rings. The highest BCUT2D eigenvalue weighted by molar-refractivity contribution is 5.92. The van der Waals surface area contributed by atoms with E-state index in [4.69, 9.17) is 0 Å². The lowest BCUT2D eigenvalue weighted by atomic mass is 10.1. The van der Waals surface area contributed by atoms with Crippen molar-refractivity contribution in [1.29, 1.82) is 0 Å². The van der Waals surface area contributed by atoms with Crippen molar-refractivity contribution < 1.29 is 0 Å². The van der Waals surface area contributed by atoms with Gasteiger partial charge in [-0.25, -0.2) is 0 Å². The van der Waals surface area contributed by atoms with E-state index in [9.17, 15) is 4.79 Å². The molecular formula is C22H32N4O. The molecule has 0 N–H and O–H groups in total. The van der Waals surface area contributed by atoms with E-state index in [1.165, 1.54) is 25.7 Å². The largest absolute Gasteiger partial charge is 0.338 e. The number of rotatable bonds is 9. The summed E-state index contributed by atoms with van der Waals surface area (Å²) >= 11 is 0. The molecular weight excluding hydrogens is 336 g/mol. The zero-order valence-electron chi connectivity index (χ0n) is 17.2. The smallest absolute Gasteiger partial charge is 0.215 e. The van der Waals surface area contributed by atoms with Crippen LogP contribution in [0.4, 0.5) is 0 Å². The maximum Gasteiger partial charge on any atom is 0.215 e. The van der Waals surface area contributed by atoms with Crippen molar-refractivity contribution >= 4 is 21.9 Å². The number of fused-ring (bicyclic) bond motifs is 2. The number of aryl methyl sites for hydroxylation is 3. The van der Waals surface area contributed by atoms with Crippen molar-refractivity contribution in [2.45, 2.75) is 52.5 Å². The van der Waals surface area contributed by atoms with E-state index in [-0.39, 0.29) is 5.43 Å². The summed E-state index contributed by atoms with van der Waals surface area (Å²) in [5, 5.41) is 5.14. The molecule has 0 saturated heterocycles. The Bertz CT molecular complexity index is 970. The second kappa shape index (κ2) is 8.70. The lowest BCUT2D eigenvalue weighted by Crippen LogP contribution is -2.22. The highest BCUT2D eigenvalue weighted by atomic mass is 16.1. The molecule has 146 valence electrons. The number of unbranched alkanes of at least 4 members (excludes halogenated alkanes) is 3. The quantitative estimate of drug-likeness (QED) is 0.534. The SMILES string of the molecule is CCCCCCN(C)CCCn1c2ccc(C)cc2c(=O)c2c1cnn2C. The normalized spacial score (nSPS) is 11.9. The highest BCUT2D eigenvalue weighted by Crippen LogP contribution is 2.20. The third-order valence-electron chi connectivity index (χ3n) is 5.43. The van der Waals surface area contributed by atoms with Crippen molar-refractivity contribution in [3.05, 3.63) is 40.2 Å². The summed E-state index contributed by atoms with van der Waals surface area (Å²) in [6.07, 6.45) is 8.09. The Balaban J connectivity index is 1.81. The van der Waals surface area contributed by atoms with Crippen molar-refractivity contribution in [2.75, 3.05) is 20.1 Å². The minimum absolute atomic E-state index is 0.0768. The van der Waals surface area contributed by atoms with Gasteiger partial charge < -0.3 is 9.47 Å². The monoisotopic (exact) mass is 368 g/mol. The zero-order valence-corrected chi connectivity index (χ0v) is 17.2. The van der Waals surface area contributed by atoms with E-state index in [0.717, 1.165) is 48.0 Å². The number of pyridine rings is 1. The van der Waals surface area contributed by atoms with Gasteiger partial charge in [0.15, 0.2) is 0 Å². The summed E-state index contributed by atoms with van der Waals surface area (Å²) in [6, 6.07) is 6.16. The first-order valence-corrected chi connectivity index (χ1v) is 10.2. The maximum atomic E-state index is 12.9.